The van der Waals surface area contributed by atoms with Gasteiger partial charge in [-0.3, -0.25) is 5.32 Å². The van der Waals surface area contributed by atoms with Crippen molar-refractivity contribution in [2.45, 2.75) is 58.3 Å². The number of anilines is 1. The second-order valence-corrected chi connectivity index (χ2v) is 10.3. The van der Waals surface area contributed by atoms with E-state index in [9.17, 15) is 19.5 Å². The second-order valence-electron chi connectivity index (χ2n) is 9.43. The average molecular weight is 554 g/mol. The molecular formula is C28H31N3O7S. The van der Waals surface area contributed by atoms with Crippen LogP contribution in [0.5, 0.6) is 0 Å². The van der Waals surface area contributed by atoms with E-state index in [-0.39, 0.29) is 17.2 Å². The summed E-state index contributed by atoms with van der Waals surface area (Å²) in [4.78, 5) is 46.7. The number of carbonyl (C=O) groups is 3. The van der Waals surface area contributed by atoms with Gasteiger partial charge >= 0.3 is 18.0 Å². The number of rotatable bonds is 11. The highest BCUT2D eigenvalue weighted by molar-refractivity contribution is 7.14. The van der Waals surface area contributed by atoms with Gasteiger partial charge in [-0.05, 0) is 38.3 Å². The summed E-state index contributed by atoms with van der Waals surface area (Å²) >= 11 is 0.990. The second kappa shape index (κ2) is 13.5. The van der Waals surface area contributed by atoms with Crippen molar-refractivity contribution in [2.75, 3.05) is 5.32 Å². The highest BCUT2D eigenvalue weighted by Gasteiger charge is 2.28. The number of amides is 1. The molecule has 0 aliphatic heterocycles. The van der Waals surface area contributed by atoms with Gasteiger partial charge in [0, 0.05) is 5.38 Å². The zero-order valence-corrected chi connectivity index (χ0v) is 22.9. The van der Waals surface area contributed by atoms with Gasteiger partial charge in [-0.1, -0.05) is 79.2 Å². The van der Waals surface area contributed by atoms with Crippen LogP contribution in [0.1, 0.15) is 63.5 Å². The largest absolute Gasteiger partial charge is 0.476 e. The first kappa shape index (κ1) is 29.3. The van der Waals surface area contributed by atoms with Crippen molar-refractivity contribution in [1.29, 1.82) is 0 Å². The quantitative estimate of drug-likeness (QED) is 0.173. The standard InChI is InChI=1S/C28H31N3O7S/c1-5-12-21(25(34)36-23(18-13-8-6-9-14-18)19-15-10-7-11-16-19)38-31-22(24(32)33)20-17-39-26(29-20)30-27(35)37-28(2,3)4/h6-11,13-17,21,23H,5,12H2,1-4H3,(H,32,33)(H,29,30,35). The van der Waals surface area contributed by atoms with Crippen LogP contribution < -0.4 is 5.32 Å². The van der Waals surface area contributed by atoms with Crippen molar-refractivity contribution in [1.82, 2.24) is 4.98 Å². The number of carbonyl (C=O) groups excluding carboxylic acids is 2. The molecule has 0 aliphatic carbocycles. The molecule has 1 amide bonds. The molecule has 0 radical (unpaired) electrons. The molecular weight excluding hydrogens is 522 g/mol. The monoisotopic (exact) mass is 553 g/mol. The van der Waals surface area contributed by atoms with Crippen LogP contribution in [-0.4, -0.2) is 45.5 Å². The fourth-order valence-electron chi connectivity index (χ4n) is 3.39. The Morgan fingerprint density at radius 2 is 1.62 bits per heavy atom. The lowest BCUT2D eigenvalue weighted by Crippen LogP contribution is -2.28. The summed E-state index contributed by atoms with van der Waals surface area (Å²) in [6, 6.07) is 18.5. The highest BCUT2D eigenvalue weighted by Crippen LogP contribution is 2.27. The van der Waals surface area contributed by atoms with Gasteiger partial charge in [0.15, 0.2) is 11.2 Å². The lowest BCUT2D eigenvalue weighted by molar-refractivity contribution is -0.162. The molecule has 11 heteroatoms. The Kier molecular flexibility index (Phi) is 10.2. The number of carboxylic acids is 1. The predicted octanol–water partition coefficient (Wildman–Crippen LogP) is 5.80. The van der Waals surface area contributed by atoms with Crippen molar-refractivity contribution in [3.63, 3.8) is 0 Å². The Morgan fingerprint density at radius 3 is 2.13 bits per heavy atom. The van der Waals surface area contributed by atoms with E-state index >= 15 is 0 Å². The van der Waals surface area contributed by atoms with Gasteiger partial charge in [-0.25, -0.2) is 19.4 Å². The molecule has 39 heavy (non-hydrogen) atoms. The fraction of sp³-hybridized carbons (Fsp3) is 0.321. The topological polar surface area (TPSA) is 136 Å². The van der Waals surface area contributed by atoms with Crippen LogP contribution in [0.4, 0.5) is 9.93 Å². The molecule has 0 bridgehead atoms. The predicted molar refractivity (Wildman–Crippen MR) is 147 cm³/mol. The third-order valence-corrected chi connectivity index (χ3v) is 5.84. The number of esters is 1. The maximum Gasteiger partial charge on any atom is 0.413 e. The molecule has 0 saturated carbocycles. The summed E-state index contributed by atoms with van der Waals surface area (Å²) < 4.78 is 11.0. The molecule has 3 aromatic rings. The van der Waals surface area contributed by atoms with Crippen LogP contribution in [-0.2, 0) is 23.9 Å². The van der Waals surface area contributed by atoms with Gasteiger partial charge in [0.1, 0.15) is 11.3 Å². The van der Waals surface area contributed by atoms with E-state index in [0.717, 1.165) is 22.5 Å². The first-order valence-electron chi connectivity index (χ1n) is 12.3. The van der Waals surface area contributed by atoms with E-state index in [1.54, 1.807) is 20.8 Å². The number of aromatic nitrogens is 1. The van der Waals surface area contributed by atoms with Gasteiger partial charge in [-0.15, -0.1) is 11.3 Å². The third-order valence-electron chi connectivity index (χ3n) is 5.08. The minimum atomic E-state index is -1.42. The summed E-state index contributed by atoms with van der Waals surface area (Å²) in [6.07, 6.45) is -1.78. The SMILES string of the molecule is CCCC(ON=C(C(=O)O)c1csc(NC(=O)OC(C)(C)C)n1)C(=O)OC(c1ccccc1)c1ccccc1. The van der Waals surface area contributed by atoms with Crippen molar-refractivity contribution < 1.29 is 33.8 Å². The lowest BCUT2D eigenvalue weighted by atomic mass is 10.0. The molecule has 3 rings (SSSR count). The van der Waals surface area contributed by atoms with Crippen molar-refractivity contribution >= 4 is 40.2 Å². The molecule has 2 N–H and O–H groups in total. The van der Waals surface area contributed by atoms with E-state index in [1.807, 2.05) is 67.6 Å². The number of hydrogen-bond acceptors (Lipinski definition) is 9. The van der Waals surface area contributed by atoms with Crippen LogP contribution in [0.2, 0.25) is 0 Å². The van der Waals surface area contributed by atoms with Crippen LogP contribution in [0, 0.1) is 0 Å². The molecule has 0 spiro atoms. The molecule has 0 fully saturated rings. The first-order valence-corrected chi connectivity index (χ1v) is 13.2. The zero-order chi connectivity index (χ0) is 28.4. The van der Waals surface area contributed by atoms with Gasteiger partial charge in [-0.2, -0.15) is 0 Å². The smallest absolute Gasteiger partial charge is 0.413 e. The highest BCUT2D eigenvalue weighted by atomic mass is 32.1. The molecule has 1 heterocycles. The zero-order valence-electron chi connectivity index (χ0n) is 22.1. The lowest BCUT2D eigenvalue weighted by Gasteiger charge is -2.21. The summed E-state index contributed by atoms with van der Waals surface area (Å²) in [7, 11) is 0. The van der Waals surface area contributed by atoms with Crippen molar-refractivity contribution in [3.05, 3.63) is 82.9 Å². The molecule has 0 aliphatic rings. The van der Waals surface area contributed by atoms with Crippen LogP contribution in [0.3, 0.4) is 0 Å². The Bertz CT molecular complexity index is 1250. The van der Waals surface area contributed by atoms with E-state index in [4.69, 9.17) is 14.3 Å². The summed E-state index contributed by atoms with van der Waals surface area (Å²) in [6.45, 7) is 7.00. The van der Waals surface area contributed by atoms with Crippen molar-refractivity contribution in [3.8, 4) is 0 Å². The number of thiazole rings is 1. The Balaban J connectivity index is 1.78. The molecule has 1 unspecified atom stereocenters. The van der Waals surface area contributed by atoms with Gasteiger partial charge in [0.2, 0.25) is 11.8 Å². The molecule has 0 saturated heterocycles. The number of oxime groups is 1. The van der Waals surface area contributed by atoms with E-state index in [0.29, 0.717) is 6.42 Å². The van der Waals surface area contributed by atoms with Crippen molar-refractivity contribution in [2.24, 2.45) is 5.16 Å². The van der Waals surface area contributed by atoms with E-state index in [1.165, 1.54) is 5.38 Å². The van der Waals surface area contributed by atoms with Gasteiger partial charge < -0.3 is 19.4 Å². The summed E-state index contributed by atoms with van der Waals surface area (Å²) in [5.74, 6) is -2.10. The minimum absolute atomic E-state index is 0.0476. The van der Waals surface area contributed by atoms with Crippen LogP contribution in [0.15, 0.2) is 71.2 Å². The molecule has 1 aromatic heterocycles. The molecule has 206 valence electrons. The van der Waals surface area contributed by atoms with Crippen LogP contribution >= 0.6 is 11.3 Å². The molecule has 10 nitrogen and oxygen atoms in total. The minimum Gasteiger partial charge on any atom is -0.476 e. The van der Waals surface area contributed by atoms with Crippen LogP contribution in [0.25, 0.3) is 0 Å². The molecule has 1 atom stereocenters. The maximum atomic E-state index is 13.2. The number of hydrogen-bond donors (Lipinski definition) is 2. The Morgan fingerprint density at radius 1 is 1.03 bits per heavy atom. The Hall–Kier alpha value is -4.25. The third kappa shape index (κ3) is 8.92. The number of aliphatic carboxylic acids is 1. The van der Waals surface area contributed by atoms with E-state index in [2.05, 4.69) is 15.5 Å². The number of benzene rings is 2. The summed E-state index contributed by atoms with van der Waals surface area (Å²) in [5, 5.41) is 17.4. The van der Waals surface area contributed by atoms with E-state index < -0.39 is 41.6 Å². The number of carboxylic acid groups (broad SMARTS) is 1. The number of nitrogens with zero attached hydrogens (tertiary/aromatic N) is 2. The van der Waals surface area contributed by atoms with Gasteiger partial charge in [0.25, 0.3) is 0 Å². The number of ether oxygens (including phenoxy) is 2. The Labute approximate surface area is 230 Å². The van der Waals surface area contributed by atoms with Gasteiger partial charge in [0.05, 0.1) is 0 Å². The number of nitrogens with one attached hydrogen (secondary N) is 1. The normalized spacial score (nSPS) is 12.5. The average Bonchev–Trinajstić information content (AvgIpc) is 3.34. The maximum absolute atomic E-state index is 13.2. The first-order chi connectivity index (χ1) is 18.6. The fourth-order valence-corrected chi connectivity index (χ4v) is 4.08. The molecule has 2 aromatic carbocycles. The summed E-state index contributed by atoms with van der Waals surface area (Å²) in [5.41, 5.74) is 0.256.